The molecule has 10 rings (SSSR count). The summed E-state index contributed by atoms with van der Waals surface area (Å²) in [5.74, 6) is 1.13. The number of nitrogens with one attached hydrogen (secondary N) is 5. The first-order chi connectivity index (χ1) is 53.1. The van der Waals surface area contributed by atoms with E-state index < -0.39 is 48.7 Å². The number of halogens is 6. The molecule has 20 N–H and O–H groups in total. The number of anilines is 3. The van der Waals surface area contributed by atoms with Gasteiger partial charge in [0.2, 0.25) is 5.91 Å². The van der Waals surface area contributed by atoms with Gasteiger partial charge in [0.25, 0.3) is 41.1 Å². The van der Waals surface area contributed by atoms with Crippen LogP contribution >= 0.6 is 34.8 Å². The Morgan fingerprint density at radius 2 is 0.939 bits per heavy atom. The van der Waals surface area contributed by atoms with Crippen LogP contribution in [0.1, 0.15) is 146 Å². The summed E-state index contributed by atoms with van der Waals surface area (Å²) in [5.41, 5.74) is 38.1. The van der Waals surface area contributed by atoms with Crippen LogP contribution in [0.3, 0.4) is 0 Å². The Hall–Kier alpha value is -9.40. The van der Waals surface area contributed by atoms with Gasteiger partial charge in [-0.3, -0.25) is 24.0 Å². The molecule has 1 fully saturated rings. The number of hydrogen-bond acceptors (Lipinski definition) is 23. The van der Waals surface area contributed by atoms with E-state index >= 15 is 0 Å². The number of benzene rings is 3. The molecule has 1 saturated heterocycles. The van der Waals surface area contributed by atoms with Crippen molar-refractivity contribution in [2.24, 2.45) is 11.5 Å². The minimum absolute atomic E-state index is 0. The zero-order chi connectivity index (χ0) is 81.1. The molecule has 1 aliphatic rings. The van der Waals surface area contributed by atoms with Crippen LogP contribution in [0.25, 0.3) is 44.5 Å². The molecule has 0 bridgehead atoms. The SMILES string of the molecule is C.C=C(NC[C@H](O)[C@@H](O)[C@H](O)[C@H](O)CO)c1ccc2c(c1)n(CC)c(CNC(=O)c1nc(Cl)cnc1N)[n+]2CC.C=C(c1ccc2c(c1)n(CC)c(CNC(=O)c1nc(Cl)cnc1N)[n+]2CC)N1CCC(NC(=O)CN)CC1.CCCN(CCN)C(=O)c1ccc2c(c1)n(CC)c(CNC(=O)c1nc(Cl)cnc1N)[n+]2CC.[Cl-].[Cl-].[Cl-]. The lowest BCUT2D eigenvalue weighted by Gasteiger charge is -2.35. The van der Waals surface area contributed by atoms with E-state index in [0.29, 0.717) is 62.6 Å². The highest BCUT2D eigenvalue weighted by atomic mass is 35.5. The van der Waals surface area contributed by atoms with E-state index in [-0.39, 0.29) is 145 Å². The van der Waals surface area contributed by atoms with Crippen molar-refractivity contribution in [2.45, 2.75) is 165 Å². The van der Waals surface area contributed by atoms with Gasteiger partial charge in [-0.25, -0.2) is 57.3 Å². The van der Waals surface area contributed by atoms with Gasteiger partial charge in [0.1, 0.15) is 53.4 Å². The maximum Gasteiger partial charge on any atom is 0.277 e. The predicted octanol–water partition coefficient (Wildman–Crippen LogP) is -6.26. The molecular weight excluding hydrogens is 1610 g/mol. The van der Waals surface area contributed by atoms with Crippen molar-refractivity contribution >= 4 is 126 Å². The molecule has 34 nitrogen and oxygen atoms in total. The quantitative estimate of drug-likeness (QED) is 0.0174. The smallest absolute Gasteiger partial charge is 0.277 e. The topological polar surface area (TPSA) is 487 Å². The molecule has 0 aliphatic carbocycles. The molecule has 9 aromatic rings. The molecule has 5 amide bonds. The number of aliphatic hydroxyl groups excluding tert-OH is 5. The first-order valence-corrected chi connectivity index (χ1v) is 37.8. The van der Waals surface area contributed by atoms with E-state index in [1.165, 1.54) is 18.6 Å². The lowest BCUT2D eigenvalue weighted by Crippen LogP contribution is -3.00. The van der Waals surface area contributed by atoms with Gasteiger partial charge in [-0.05, 0) is 109 Å². The molecule has 628 valence electrons. The standard InChI is InChI=1S/C26H34ClN9O2.C25H34ClN7O6.C23H31ClN8O2.CH4.3ClH/c1-4-35-19-7-6-17(16(3)34-10-8-18(9-11-34)32-22(37)13-28)12-20(19)36(5-2)23(35)15-31-26(38)24-25(29)30-14-21(27)33-24;1-4-32-15-7-6-14(13(3)28-9-17(35)22(37)23(38)18(36)12-34)8-16(15)33(5-2)20(32)11-30-25(39)21-24(27)29-10-19(26)31-21;1-4-10-30(11-9-25)23(34)15-7-8-16-17(12-15)32(6-3)19(31(16)5-2)14-28-22(33)20-21(26)27-13-18(24)29-20;;;;/h6-7,12,14,18H,3-5,8-11,13,15,28H2,1-2H3,(H3-,29,30,31,32,37,38);6-8,10,17-18,22-23,28,34-38H,3-5,9,11-12H2,1-2H3,(H2-,27,29,30,39);7-8,12-13H,4-6,9-11,14,25H2,1-3H3,(H2-,26,27,28,33);1H4;3*1H/t;17-,18+,22+,23+;;;;;/m.0...../s1. The lowest BCUT2D eigenvalue weighted by atomic mass is 10.0. The van der Waals surface area contributed by atoms with Gasteiger partial charge in [-0.15, -0.1) is 0 Å². The van der Waals surface area contributed by atoms with Gasteiger partial charge >= 0.3 is 0 Å². The third-order valence-electron chi connectivity index (χ3n) is 19.0. The van der Waals surface area contributed by atoms with Crippen molar-refractivity contribution in [3.05, 3.63) is 153 Å². The summed E-state index contributed by atoms with van der Waals surface area (Å²) in [6.45, 7) is 29.7. The average molecular weight is 1720 g/mol. The van der Waals surface area contributed by atoms with E-state index in [0.717, 1.165) is 107 Å². The Kier molecular flexibility index (Phi) is 39.0. The number of amides is 5. The highest BCUT2D eigenvalue weighted by molar-refractivity contribution is 6.30. The number of imidazole rings is 3. The third kappa shape index (κ3) is 23.5. The molecule has 4 atom stereocenters. The number of hydrogen-bond donors (Lipinski definition) is 15. The fourth-order valence-electron chi connectivity index (χ4n) is 13.4. The van der Waals surface area contributed by atoms with Crippen molar-refractivity contribution in [2.75, 3.05) is 69.6 Å². The van der Waals surface area contributed by atoms with Crippen molar-refractivity contribution in [3.63, 3.8) is 0 Å². The van der Waals surface area contributed by atoms with Crippen LogP contribution in [0.15, 0.2) is 86.3 Å². The van der Waals surface area contributed by atoms with Crippen molar-refractivity contribution < 1.29 is 100 Å². The van der Waals surface area contributed by atoms with Crippen LogP contribution in [-0.2, 0) is 63.7 Å². The number of rotatable bonds is 32. The minimum Gasteiger partial charge on any atom is -1.00 e. The van der Waals surface area contributed by atoms with Crippen molar-refractivity contribution in [3.8, 4) is 0 Å². The zero-order valence-electron chi connectivity index (χ0n) is 64.6. The summed E-state index contributed by atoms with van der Waals surface area (Å²) in [4.78, 5) is 90.7. The van der Waals surface area contributed by atoms with Crippen LogP contribution in [0.5, 0.6) is 0 Å². The molecule has 6 aromatic heterocycles. The second-order valence-corrected chi connectivity index (χ2v) is 27.0. The van der Waals surface area contributed by atoms with E-state index in [1.807, 2.05) is 75.6 Å². The Balaban J connectivity index is 0.000000358. The summed E-state index contributed by atoms with van der Waals surface area (Å²) >= 11 is 17.6. The van der Waals surface area contributed by atoms with Crippen LogP contribution in [0, 0.1) is 0 Å². The number of aromatic nitrogens is 12. The summed E-state index contributed by atoms with van der Waals surface area (Å²) in [6.07, 6.45) is 0.0142. The molecule has 3 aromatic carbocycles. The largest absolute Gasteiger partial charge is 1.00 e. The Labute approximate surface area is 701 Å². The molecule has 115 heavy (non-hydrogen) atoms. The highest BCUT2D eigenvalue weighted by Crippen LogP contribution is 2.28. The molecule has 0 saturated carbocycles. The summed E-state index contributed by atoms with van der Waals surface area (Å²) < 4.78 is 12.7. The highest BCUT2D eigenvalue weighted by Gasteiger charge is 2.33. The summed E-state index contributed by atoms with van der Waals surface area (Å²) in [5, 5.41) is 63.3. The number of aliphatic hydroxyl groups is 5. The normalized spacial score (nSPS) is 12.9. The van der Waals surface area contributed by atoms with Crippen LogP contribution < -0.4 is 106 Å². The van der Waals surface area contributed by atoms with Gasteiger partial charge in [0, 0.05) is 79.5 Å². The zero-order valence-corrected chi connectivity index (χ0v) is 69.1. The minimum atomic E-state index is -1.71. The van der Waals surface area contributed by atoms with Gasteiger partial charge in [0.05, 0.1) is 77.1 Å². The van der Waals surface area contributed by atoms with E-state index in [4.69, 9.17) is 68.6 Å². The molecule has 0 radical (unpaired) electrons. The van der Waals surface area contributed by atoms with Crippen LogP contribution in [0.4, 0.5) is 17.5 Å². The van der Waals surface area contributed by atoms with Crippen LogP contribution in [-0.4, -0.2) is 191 Å². The van der Waals surface area contributed by atoms with E-state index in [1.54, 1.807) is 4.90 Å². The fourth-order valence-corrected chi connectivity index (χ4v) is 13.8. The maximum absolute atomic E-state index is 13.1. The van der Waals surface area contributed by atoms with E-state index in [9.17, 15) is 44.4 Å². The predicted molar refractivity (Wildman–Crippen MR) is 429 cm³/mol. The molecule has 1 aliphatic heterocycles. The number of nitrogen functional groups attached to an aromatic ring is 3. The van der Waals surface area contributed by atoms with E-state index in [2.05, 4.69) is 129 Å². The summed E-state index contributed by atoms with van der Waals surface area (Å²) in [6, 6.07) is 17.9. The molecule has 0 unspecified atom stereocenters. The lowest BCUT2D eigenvalue weighted by molar-refractivity contribution is -0.676. The van der Waals surface area contributed by atoms with Gasteiger partial charge in [-0.1, -0.05) is 62.3 Å². The number of piperidine rings is 1. The van der Waals surface area contributed by atoms with Gasteiger partial charge in [0.15, 0.2) is 67.6 Å². The number of carbonyl (C=O) groups excluding carboxylic acids is 5. The number of fused-ring (bicyclic) bond motifs is 3. The molecular formula is C75H106Cl6N24O10. The number of carbonyl (C=O) groups is 5. The van der Waals surface area contributed by atoms with Crippen molar-refractivity contribution in [1.82, 2.24) is 80.0 Å². The third-order valence-corrected chi connectivity index (χ3v) is 19.6. The number of nitrogens with zero attached hydrogens (tertiary/aromatic N) is 14. The maximum atomic E-state index is 13.1. The summed E-state index contributed by atoms with van der Waals surface area (Å²) in [7, 11) is 0. The fraction of sp³-hybridized carbons (Fsp3) is 0.440. The number of likely N-dealkylation sites (tertiary alicyclic amines) is 1. The monoisotopic (exact) mass is 1710 g/mol. The first kappa shape index (κ1) is 98.0. The number of nitrogens with two attached hydrogens (primary N) is 5. The molecule has 0 spiro atoms. The van der Waals surface area contributed by atoms with Crippen molar-refractivity contribution in [1.29, 1.82) is 0 Å². The second kappa shape index (κ2) is 45.8. The average Bonchev–Trinajstić information content (AvgIpc) is 1.63. The molecule has 40 heteroatoms. The second-order valence-electron chi connectivity index (χ2n) is 25.9. The Morgan fingerprint density at radius 3 is 1.30 bits per heavy atom. The first-order valence-electron chi connectivity index (χ1n) is 36.7. The number of aryl methyl sites for hydroxylation is 6. The van der Waals surface area contributed by atoms with Crippen LogP contribution in [0.2, 0.25) is 15.5 Å². The Bertz CT molecular complexity index is 4840. The molecule has 7 heterocycles. The van der Waals surface area contributed by atoms with Gasteiger partial charge < -0.3 is 128 Å². The van der Waals surface area contributed by atoms with Gasteiger partial charge in [-0.2, -0.15) is 0 Å². The Morgan fingerprint density at radius 1 is 0.565 bits per heavy atom.